The number of amides is 1. The fraction of sp³-hybridized carbons (Fsp3) is 0.286. The normalized spacial score (nSPS) is 14.2. The van der Waals surface area contributed by atoms with Crippen molar-refractivity contribution in [1.82, 2.24) is 5.01 Å². The summed E-state index contributed by atoms with van der Waals surface area (Å²) in [6.45, 7) is 0.459. The number of hydrogen-bond donors (Lipinski definition) is 0. The van der Waals surface area contributed by atoms with E-state index in [1.165, 1.54) is 12.1 Å². The van der Waals surface area contributed by atoms with Crippen LogP contribution < -0.4 is 9.47 Å². The zero-order valence-electron chi connectivity index (χ0n) is 16.0. The van der Waals surface area contributed by atoms with Gasteiger partial charge < -0.3 is 14.2 Å². The summed E-state index contributed by atoms with van der Waals surface area (Å²) in [4.78, 5) is 12.9. The van der Waals surface area contributed by atoms with E-state index in [2.05, 4.69) is 11.2 Å². The van der Waals surface area contributed by atoms with Crippen LogP contribution in [0.4, 0.5) is 0 Å². The summed E-state index contributed by atoms with van der Waals surface area (Å²) in [7, 11) is 4.63. The second-order valence-electron chi connectivity index (χ2n) is 6.18. The Morgan fingerprint density at radius 2 is 1.93 bits per heavy atom. The van der Waals surface area contributed by atoms with Gasteiger partial charge in [-0.1, -0.05) is 12.1 Å². The molecule has 2 aromatic carbocycles. The average molecular weight is 379 g/mol. The third-order valence-corrected chi connectivity index (χ3v) is 4.55. The average Bonchev–Trinajstić information content (AvgIpc) is 3.24. The zero-order valence-corrected chi connectivity index (χ0v) is 16.0. The summed E-state index contributed by atoms with van der Waals surface area (Å²) >= 11 is 0. The molecule has 1 atom stereocenters. The highest BCUT2D eigenvalue weighted by Crippen LogP contribution is 2.30. The van der Waals surface area contributed by atoms with E-state index in [0.29, 0.717) is 35.6 Å². The van der Waals surface area contributed by atoms with Crippen molar-refractivity contribution >= 4 is 11.6 Å². The SMILES string of the molecule is COc1ccc(C2=NN(C(=O)C(OC)c3cccc(C#N)c3)CC2)cc1OC. The molecule has 1 heterocycles. The van der Waals surface area contributed by atoms with Crippen molar-refractivity contribution in [3.05, 3.63) is 59.2 Å². The van der Waals surface area contributed by atoms with Gasteiger partial charge in [0.05, 0.1) is 38.1 Å². The monoisotopic (exact) mass is 379 g/mol. The molecule has 1 aliphatic rings. The molecule has 7 heteroatoms. The molecule has 2 aromatic rings. The minimum Gasteiger partial charge on any atom is -0.493 e. The van der Waals surface area contributed by atoms with Crippen molar-refractivity contribution in [2.75, 3.05) is 27.9 Å². The minimum atomic E-state index is -0.818. The van der Waals surface area contributed by atoms with Gasteiger partial charge in [0, 0.05) is 19.1 Å². The van der Waals surface area contributed by atoms with Crippen LogP contribution in [0.15, 0.2) is 47.6 Å². The van der Waals surface area contributed by atoms with E-state index in [9.17, 15) is 4.79 Å². The Labute approximate surface area is 163 Å². The lowest BCUT2D eigenvalue weighted by atomic mass is 10.1. The molecule has 0 spiro atoms. The van der Waals surface area contributed by atoms with Crippen molar-refractivity contribution < 1.29 is 19.0 Å². The van der Waals surface area contributed by atoms with Gasteiger partial charge in [-0.3, -0.25) is 4.79 Å². The van der Waals surface area contributed by atoms with Crippen LogP contribution in [0, 0.1) is 11.3 Å². The highest BCUT2D eigenvalue weighted by molar-refractivity contribution is 6.03. The predicted molar refractivity (Wildman–Crippen MR) is 103 cm³/mol. The number of ether oxygens (including phenoxy) is 3. The fourth-order valence-electron chi connectivity index (χ4n) is 3.12. The molecule has 0 aromatic heterocycles. The maximum atomic E-state index is 12.9. The molecule has 0 fully saturated rings. The molecule has 7 nitrogen and oxygen atoms in total. The van der Waals surface area contributed by atoms with Gasteiger partial charge in [-0.2, -0.15) is 10.4 Å². The highest BCUT2D eigenvalue weighted by Gasteiger charge is 2.30. The van der Waals surface area contributed by atoms with Crippen LogP contribution in [0.25, 0.3) is 0 Å². The molecular weight excluding hydrogens is 358 g/mol. The van der Waals surface area contributed by atoms with Crippen molar-refractivity contribution in [3.63, 3.8) is 0 Å². The third-order valence-electron chi connectivity index (χ3n) is 4.55. The first-order chi connectivity index (χ1) is 13.6. The largest absolute Gasteiger partial charge is 0.493 e. The second-order valence-corrected chi connectivity index (χ2v) is 6.18. The lowest BCUT2D eigenvalue weighted by Gasteiger charge is -2.19. The summed E-state index contributed by atoms with van der Waals surface area (Å²) in [5.41, 5.74) is 2.76. The summed E-state index contributed by atoms with van der Waals surface area (Å²) in [5.74, 6) is 0.971. The first-order valence-corrected chi connectivity index (χ1v) is 8.75. The molecule has 1 aliphatic heterocycles. The Hall–Kier alpha value is -3.37. The second kappa shape index (κ2) is 8.55. The van der Waals surface area contributed by atoms with E-state index >= 15 is 0 Å². The van der Waals surface area contributed by atoms with Gasteiger partial charge in [-0.15, -0.1) is 0 Å². The summed E-state index contributed by atoms with van der Waals surface area (Å²) in [5, 5.41) is 15.0. The topological polar surface area (TPSA) is 84.1 Å². The molecule has 0 saturated carbocycles. The van der Waals surface area contributed by atoms with E-state index in [4.69, 9.17) is 19.5 Å². The number of carbonyl (C=O) groups excluding carboxylic acids is 1. The number of hydrazone groups is 1. The van der Waals surface area contributed by atoms with E-state index in [1.807, 2.05) is 18.2 Å². The molecule has 0 bridgehead atoms. The van der Waals surface area contributed by atoms with E-state index in [-0.39, 0.29) is 5.91 Å². The summed E-state index contributed by atoms with van der Waals surface area (Å²) in [6.07, 6.45) is -0.197. The molecule has 0 saturated heterocycles. The molecule has 1 unspecified atom stereocenters. The Balaban J connectivity index is 1.83. The third kappa shape index (κ3) is 3.82. The first-order valence-electron chi connectivity index (χ1n) is 8.75. The standard InChI is InChI=1S/C21H21N3O4/c1-26-18-8-7-15(12-19(18)27-2)17-9-10-24(23-17)21(25)20(28-3)16-6-4-5-14(11-16)13-22/h4-8,11-12,20H,9-10H2,1-3H3. The summed E-state index contributed by atoms with van der Waals surface area (Å²) in [6, 6.07) is 14.5. The van der Waals surface area contributed by atoms with Crippen molar-refractivity contribution in [2.24, 2.45) is 5.10 Å². The molecule has 0 radical (unpaired) electrons. The number of carbonyl (C=O) groups is 1. The fourth-order valence-corrected chi connectivity index (χ4v) is 3.12. The van der Waals surface area contributed by atoms with E-state index < -0.39 is 6.10 Å². The van der Waals surface area contributed by atoms with Crippen LogP contribution in [0.2, 0.25) is 0 Å². The van der Waals surface area contributed by atoms with Gasteiger partial charge in [-0.25, -0.2) is 5.01 Å². The van der Waals surface area contributed by atoms with Gasteiger partial charge in [0.1, 0.15) is 0 Å². The number of benzene rings is 2. The quantitative estimate of drug-likeness (QED) is 0.771. The molecule has 0 N–H and O–H groups in total. The maximum absolute atomic E-state index is 12.9. The van der Waals surface area contributed by atoms with Gasteiger partial charge in [0.25, 0.3) is 5.91 Å². The predicted octanol–water partition coefficient (Wildman–Crippen LogP) is 2.90. The summed E-state index contributed by atoms with van der Waals surface area (Å²) < 4.78 is 16.0. The number of hydrogen-bond acceptors (Lipinski definition) is 6. The van der Waals surface area contributed by atoms with Crippen molar-refractivity contribution in [3.8, 4) is 17.6 Å². The minimum absolute atomic E-state index is 0.270. The van der Waals surface area contributed by atoms with Crippen LogP contribution in [-0.4, -0.2) is 44.5 Å². The number of rotatable bonds is 6. The lowest BCUT2D eigenvalue weighted by molar-refractivity contribution is -0.141. The van der Waals surface area contributed by atoms with Gasteiger partial charge in [0.2, 0.25) is 0 Å². The molecule has 3 rings (SSSR count). The molecule has 144 valence electrons. The lowest BCUT2D eigenvalue weighted by Crippen LogP contribution is -2.30. The zero-order chi connectivity index (χ0) is 20.1. The Kier molecular flexibility index (Phi) is 5.92. The van der Waals surface area contributed by atoms with E-state index in [0.717, 1.165) is 11.3 Å². The van der Waals surface area contributed by atoms with Crippen LogP contribution in [0.1, 0.15) is 29.2 Å². The first kappa shape index (κ1) is 19.4. The molecule has 1 amide bonds. The van der Waals surface area contributed by atoms with Gasteiger partial charge in [0.15, 0.2) is 17.6 Å². The molecular formula is C21H21N3O4. The van der Waals surface area contributed by atoms with E-state index in [1.54, 1.807) is 38.5 Å². The van der Waals surface area contributed by atoms with Crippen molar-refractivity contribution in [1.29, 1.82) is 5.26 Å². The van der Waals surface area contributed by atoms with Gasteiger partial charge >= 0.3 is 0 Å². The Morgan fingerprint density at radius 3 is 2.61 bits per heavy atom. The van der Waals surface area contributed by atoms with Crippen molar-refractivity contribution in [2.45, 2.75) is 12.5 Å². The number of methoxy groups -OCH3 is 3. The number of nitriles is 1. The highest BCUT2D eigenvalue weighted by atomic mass is 16.5. The van der Waals surface area contributed by atoms with Crippen LogP contribution >= 0.6 is 0 Å². The molecule has 0 aliphatic carbocycles. The Morgan fingerprint density at radius 1 is 1.14 bits per heavy atom. The Bertz CT molecular complexity index is 949. The van der Waals surface area contributed by atoms with Gasteiger partial charge in [-0.05, 0) is 35.9 Å². The van der Waals surface area contributed by atoms with Crippen LogP contribution in [0.3, 0.4) is 0 Å². The van der Waals surface area contributed by atoms with Crippen LogP contribution in [-0.2, 0) is 9.53 Å². The maximum Gasteiger partial charge on any atom is 0.276 e. The van der Waals surface area contributed by atoms with Crippen LogP contribution in [0.5, 0.6) is 11.5 Å². The smallest absolute Gasteiger partial charge is 0.276 e. The molecule has 28 heavy (non-hydrogen) atoms. The number of nitrogens with zero attached hydrogens (tertiary/aromatic N) is 3.